The Bertz CT molecular complexity index is 336. The first-order valence-corrected chi connectivity index (χ1v) is 4.30. The highest BCUT2D eigenvalue weighted by atomic mass is 19.1. The molecular formula is C10H12F2O3. The van der Waals surface area contributed by atoms with Crippen molar-refractivity contribution < 1.29 is 23.4 Å². The monoisotopic (exact) mass is 218 g/mol. The van der Waals surface area contributed by atoms with Gasteiger partial charge in [0, 0.05) is 6.07 Å². The molecule has 1 N–H and O–H groups in total. The van der Waals surface area contributed by atoms with Gasteiger partial charge in [-0.1, -0.05) is 0 Å². The number of methoxy groups -OCH3 is 2. The zero-order valence-electron chi connectivity index (χ0n) is 8.67. The van der Waals surface area contributed by atoms with E-state index in [-0.39, 0.29) is 11.5 Å². The van der Waals surface area contributed by atoms with Gasteiger partial charge < -0.3 is 14.6 Å². The van der Waals surface area contributed by atoms with Gasteiger partial charge in [0.15, 0.2) is 23.1 Å². The molecule has 0 saturated carbocycles. The zero-order valence-corrected chi connectivity index (χ0v) is 8.67. The molecule has 0 bridgehead atoms. The van der Waals surface area contributed by atoms with Crippen molar-refractivity contribution in [3.8, 4) is 11.5 Å². The van der Waals surface area contributed by atoms with Gasteiger partial charge in [-0.05, 0) is 6.92 Å². The fourth-order valence-corrected chi connectivity index (χ4v) is 1.27. The van der Waals surface area contributed by atoms with Crippen molar-refractivity contribution in [2.45, 2.75) is 13.0 Å². The average molecular weight is 218 g/mol. The number of halogens is 2. The van der Waals surface area contributed by atoms with Crippen molar-refractivity contribution in [3.05, 3.63) is 23.3 Å². The Morgan fingerprint density at radius 2 is 1.53 bits per heavy atom. The first-order chi connectivity index (χ1) is 7.02. The lowest BCUT2D eigenvalue weighted by Gasteiger charge is -2.13. The van der Waals surface area contributed by atoms with Crippen LogP contribution in [0.3, 0.4) is 0 Å². The molecule has 1 atom stereocenters. The van der Waals surface area contributed by atoms with Gasteiger partial charge in [0.25, 0.3) is 0 Å². The molecule has 1 aromatic carbocycles. The summed E-state index contributed by atoms with van der Waals surface area (Å²) in [4.78, 5) is 0. The molecule has 0 heterocycles. The lowest BCUT2D eigenvalue weighted by atomic mass is 10.1. The second-order valence-corrected chi connectivity index (χ2v) is 3.00. The van der Waals surface area contributed by atoms with Crippen LogP contribution in [0.15, 0.2) is 6.07 Å². The van der Waals surface area contributed by atoms with Crippen molar-refractivity contribution in [2.24, 2.45) is 0 Å². The van der Waals surface area contributed by atoms with Gasteiger partial charge >= 0.3 is 0 Å². The third kappa shape index (κ3) is 2.02. The summed E-state index contributed by atoms with van der Waals surface area (Å²) in [6, 6.07) is 1.09. The zero-order chi connectivity index (χ0) is 11.6. The van der Waals surface area contributed by atoms with Crippen LogP contribution in [0.2, 0.25) is 0 Å². The van der Waals surface area contributed by atoms with Gasteiger partial charge in [0.05, 0.1) is 25.9 Å². The predicted octanol–water partition coefficient (Wildman–Crippen LogP) is 2.04. The van der Waals surface area contributed by atoms with Gasteiger partial charge in [-0.25, -0.2) is 8.78 Å². The highest BCUT2D eigenvalue weighted by Gasteiger charge is 2.22. The van der Waals surface area contributed by atoms with Crippen molar-refractivity contribution in [1.82, 2.24) is 0 Å². The van der Waals surface area contributed by atoms with Crippen LogP contribution < -0.4 is 9.47 Å². The number of aliphatic hydroxyl groups excluding tert-OH is 1. The molecule has 84 valence electrons. The fourth-order valence-electron chi connectivity index (χ4n) is 1.27. The molecule has 0 amide bonds. The summed E-state index contributed by atoms with van der Waals surface area (Å²) < 4.78 is 36.4. The van der Waals surface area contributed by atoms with E-state index in [9.17, 15) is 13.9 Å². The molecule has 1 rings (SSSR count). The van der Waals surface area contributed by atoms with E-state index in [1.165, 1.54) is 21.1 Å². The van der Waals surface area contributed by atoms with Gasteiger partial charge in [-0.15, -0.1) is 0 Å². The first-order valence-electron chi connectivity index (χ1n) is 4.30. The van der Waals surface area contributed by atoms with Gasteiger partial charge in [-0.3, -0.25) is 0 Å². The Morgan fingerprint density at radius 1 is 1.13 bits per heavy atom. The number of ether oxygens (including phenoxy) is 2. The Kier molecular flexibility index (Phi) is 3.47. The van der Waals surface area contributed by atoms with Crippen LogP contribution in [0.5, 0.6) is 11.5 Å². The molecule has 3 nitrogen and oxygen atoms in total. The molecule has 1 unspecified atom stereocenters. The predicted molar refractivity (Wildman–Crippen MR) is 50.1 cm³/mol. The van der Waals surface area contributed by atoms with Crippen LogP contribution in [0.25, 0.3) is 0 Å². The maximum Gasteiger partial charge on any atom is 0.174 e. The van der Waals surface area contributed by atoms with Crippen molar-refractivity contribution in [1.29, 1.82) is 0 Å². The van der Waals surface area contributed by atoms with Gasteiger partial charge in [-0.2, -0.15) is 0 Å². The van der Waals surface area contributed by atoms with Crippen LogP contribution in [0.1, 0.15) is 18.6 Å². The Hall–Kier alpha value is -1.36. The normalized spacial score (nSPS) is 12.4. The molecule has 5 heteroatoms. The molecule has 0 saturated heterocycles. The second-order valence-electron chi connectivity index (χ2n) is 3.00. The maximum absolute atomic E-state index is 13.5. The fraction of sp³-hybridized carbons (Fsp3) is 0.400. The Morgan fingerprint density at radius 3 is 1.80 bits per heavy atom. The Labute approximate surface area is 86.2 Å². The van der Waals surface area contributed by atoms with E-state index in [1.54, 1.807) is 0 Å². The smallest absolute Gasteiger partial charge is 0.174 e. The van der Waals surface area contributed by atoms with E-state index in [4.69, 9.17) is 9.47 Å². The lowest BCUT2D eigenvalue weighted by molar-refractivity contribution is 0.185. The molecule has 15 heavy (non-hydrogen) atoms. The van der Waals surface area contributed by atoms with Crippen molar-refractivity contribution in [3.63, 3.8) is 0 Å². The number of benzene rings is 1. The number of hydrogen-bond donors (Lipinski definition) is 1. The van der Waals surface area contributed by atoms with Crippen molar-refractivity contribution in [2.75, 3.05) is 14.2 Å². The molecule has 0 aliphatic rings. The van der Waals surface area contributed by atoms with Crippen molar-refractivity contribution >= 4 is 0 Å². The number of hydrogen-bond acceptors (Lipinski definition) is 3. The van der Waals surface area contributed by atoms with Gasteiger partial charge in [0.1, 0.15) is 0 Å². The minimum atomic E-state index is -1.27. The maximum atomic E-state index is 13.5. The second kappa shape index (κ2) is 4.44. The molecule has 0 aliphatic carbocycles. The van der Waals surface area contributed by atoms with E-state index in [2.05, 4.69) is 0 Å². The summed E-state index contributed by atoms with van der Waals surface area (Å²) in [7, 11) is 2.50. The minimum absolute atomic E-state index is 0.163. The summed E-state index contributed by atoms with van der Waals surface area (Å²) in [6.45, 7) is 1.26. The van der Waals surface area contributed by atoms with Crippen LogP contribution in [0.4, 0.5) is 8.78 Å². The molecule has 1 aromatic rings. The van der Waals surface area contributed by atoms with E-state index >= 15 is 0 Å². The van der Waals surface area contributed by atoms with Crippen LogP contribution in [0, 0.1) is 11.6 Å². The van der Waals surface area contributed by atoms with Crippen LogP contribution in [-0.4, -0.2) is 19.3 Å². The quantitative estimate of drug-likeness (QED) is 0.843. The largest absolute Gasteiger partial charge is 0.494 e. The standard InChI is InChI=1S/C10H12F2O3/c1-5(13)8-9(11)6(14-2)4-7(15-3)10(8)12/h4-5,13H,1-3H3. The van der Waals surface area contributed by atoms with Gasteiger partial charge in [0.2, 0.25) is 0 Å². The minimum Gasteiger partial charge on any atom is -0.494 e. The summed E-state index contributed by atoms with van der Waals surface area (Å²) in [5.74, 6) is -2.15. The van der Waals surface area contributed by atoms with E-state index in [0.29, 0.717) is 0 Å². The molecule has 0 spiro atoms. The van der Waals surface area contributed by atoms with Crippen LogP contribution in [-0.2, 0) is 0 Å². The summed E-state index contributed by atoms with van der Waals surface area (Å²) in [5.41, 5.74) is -0.453. The van der Waals surface area contributed by atoms with E-state index in [0.717, 1.165) is 6.07 Å². The highest BCUT2D eigenvalue weighted by molar-refractivity contribution is 5.42. The van der Waals surface area contributed by atoms with E-state index in [1.807, 2.05) is 0 Å². The van der Waals surface area contributed by atoms with Crippen LogP contribution >= 0.6 is 0 Å². The summed E-state index contributed by atoms with van der Waals surface area (Å²) in [6.07, 6.45) is -1.27. The molecule has 0 aliphatic heterocycles. The topological polar surface area (TPSA) is 38.7 Å². The highest BCUT2D eigenvalue weighted by Crippen LogP contribution is 2.34. The summed E-state index contributed by atoms with van der Waals surface area (Å²) in [5, 5.41) is 9.23. The third-order valence-electron chi connectivity index (χ3n) is 2.03. The number of aliphatic hydroxyl groups is 1. The molecular weight excluding hydrogens is 206 g/mol. The Balaban J connectivity index is 3.46. The third-order valence-corrected chi connectivity index (χ3v) is 2.03. The summed E-state index contributed by atoms with van der Waals surface area (Å²) >= 11 is 0. The number of rotatable bonds is 3. The molecule has 0 fully saturated rings. The van der Waals surface area contributed by atoms with E-state index < -0.39 is 23.3 Å². The lowest BCUT2D eigenvalue weighted by Crippen LogP contribution is -2.05. The average Bonchev–Trinajstić information content (AvgIpc) is 2.18. The molecule has 0 aromatic heterocycles. The molecule has 0 radical (unpaired) electrons. The SMILES string of the molecule is COc1cc(OC)c(F)c(C(C)O)c1F. The first kappa shape index (κ1) is 11.7.